The molecule has 0 bridgehead atoms. The summed E-state index contributed by atoms with van der Waals surface area (Å²) in [5.74, 6) is 0. The molecule has 2 atom stereocenters. The number of hydrogen-bond acceptors (Lipinski definition) is 1. The van der Waals surface area contributed by atoms with Gasteiger partial charge < -0.3 is 21.5 Å². The predicted octanol–water partition coefficient (Wildman–Crippen LogP) is 1.57. The number of quaternary nitrogens is 1. The number of piperazine rings is 1. The van der Waals surface area contributed by atoms with Gasteiger partial charge in [0, 0.05) is 25.6 Å². The minimum absolute atomic E-state index is 0. The molecule has 152 valence electrons. The van der Waals surface area contributed by atoms with E-state index in [9.17, 15) is 0 Å². The summed E-state index contributed by atoms with van der Waals surface area (Å²) < 4.78 is 1.17. The topological polar surface area (TPSA) is 3.24 Å². The van der Waals surface area contributed by atoms with Crippen LogP contribution in [-0.2, 0) is 12.8 Å². The molecule has 0 N–H and O–H groups in total. The molecule has 0 aliphatic carbocycles. The van der Waals surface area contributed by atoms with Crippen molar-refractivity contribution < 1.29 is 21.5 Å². The predicted molar refractivity (Wildman–Crippen MR) is 116 cm³/mol. The Morgan fingerprint density at radius 2 is 1.39 bits per heavy atom. The van der Waals surface area contributed by atoms with E-state index in [2.05, 4.69) is 92.1 Å². The van der Waals surface area contributed by atoms with Gasteiger partial charge in [-0.1, -0.05) is 67.2 Å². The van der Waals surface area contributed by atoms with Gasteiger partial charge in [0.15, 0.2) is 0 Å². The molecule has 2 unspecified atom stereocenters. The third kappa shape index (κ3) is 5.79. The van der Waals surface area contributed by atoms with Crippen LogP contribution >= 0.6 is 0 Å². The Balaban J connectivity index is 0.00000280. The van der Waals surface area contributed by atoms with Crippen LogP contribution in [0.25, 0.3) is 0 Å². The van der Waals surface area contributed by atoms with Crippen LogP contribution in [0.1, 0.15) is 25.0 Å². The van der Waals surface area contributed by atoms with Gasteiger partial charge in [0.1, 0.15) is 0 Å². The number of halogens is 1. The van der Waals surface area contributed by atoms with Crippen molar-refractivity contribution in [2.45, 2.75) is 38.8 Å². The summed E-state index contributed by atoms with van der Waals surface area (Å²) in [6, 6.07) is 23.1. The highest BCUT2D eigenvalue weighted by Gasteiger charge is 2.37. The molecule has 2 aromatic carbocycles. The van der Waals surface area contributed by atoms with Gasteiger partial charge >= 0.3 is 0 Å². The Labute approximate surface area is 182 Å². The number of benzene rings is 2. The molecule has 1 saturated heterocycles. The number of hydrogen-bond donors (Lipinski definition) is 0. The molecule has 0 aromatic heterocycles. The highest BCUT2D eigenvalue weighted by Crippen LogP contribution is 2.23. The highest BCUT2D eigenvalue weighted by molar-refractivity contribution is 5.16. The molecule has 1 aliphatic rings. The summed E-state index contributed by atoms with van der Waals surface area (Å²) in [5, 5.41) is 0. The maximum Gasteiger partial charge on any atom is 0.0973 e. The number of rotatable bonds is 8. The Bertz CT molecular complexity index is 693. The average molecular weight is 443 g/mol. The lowest BCUT2D eigenvalue weighted by Crippen LogP contribution is -3.00. The fourth-order valence-electron chi connectivity index (χ4n) is 4.61. The normalized spacial score (nSPS) is 18.6. The Kier molecular flexibility index (Phi) is 8.94. The van der Waals surface area contributed by atoms with Crippen LogP contribution < -0.4 is 17.0 Å². The van der Waals surface area contributed by atoms with Crippen molar-refractivity contribution in [1.82, 2.24) is 4.90 Å². The first kappa shape index (κ1) is 22.9. The van der Waals surface area contributed by atoms with Crippen LogP contribution in [0.3, 0.4) is 0 Å². The molecular weight excluding hydrogens is 408 g/mol. The molecule has 1 fully saturated rings. The van der Waals surface area contributed by atoms with E-state index in [4.69, 9.17) is 0 Å². The van der Waals surface area contributed by atoms with Crippen LogP contribution in [0.2, 0.25) is 0 Å². The van der Waals surface area contributed by atoms with E-state index in [0.717, 1.165) is 19.4 Å². The maximum absolute atomic E-state index is 4.07. The van der Waals surface area contributed by atoms with Crippen LogP contribution in [0.5, 0.6) is 0 Å². The van der Waals surface area contributed by atoms with Crippen molar-refractivity contribution in [3.63, 3.8) is 0 Å². The van der Waals surface area contributed by atoms with Gasteiger partial charge in [-0.15, -0.1) is 0 Å². The second-order valence-electron chi connectivity index (χ2n) is 8.25. The molecule has 0 spiro atoms. The van der Waals surface area contributed by atoms with E-state index in [1.54, 1.807) is 0 Å². The lowest BCUT2D eigenvalue weighted by molar-refractivity contribution is -0.948. The first-order chi connectivity index (χ1) is 13.1. The molecule has 0 saturated carbocycles. The van der Waals surface area contributed by atoms with Gasteiger partial charge in [-0.3, -0.25) is 4.90 Å². The van der Waals surface area contributed by atoms with Crippen LogP contribution in [0.15, 0.2) is 73.3 Å². The van der Waals surface area contributed by atoms with Crippen LogP contribution in [0, 0.1) is 0 Å². The zero-order valence-corrected chi connectivity index (χ0v) is 19.0. The average Bonchev–Trinajstić information content (AvgIpc) is 2.70. The van der Waals surface area contributed by atoms with Crippen molar-refractivity contribution >= 4 is 0 Å². The Hall–Kier alpha value is -1.42. The second-order valence-corrected chi connectivity index (χ2v) is 8.25. The fourth-order valence-corrected chi connectivity index (χ4v) is 4.61. The molecule has 3 heteroatoms. The molecule has 0 amide bonds. The largest absolute Gasteiger partial charge is 1.00 e. The standard InChI is InChI=1S/C25H35N2.BrH/c1-4-17-27(23(3)21-25-13-9-6-10-14-25)18-15-26(16-19-27)22(2)20-24-11-7-5-8-12-24;/h4-14,22-23H,1,15-21H2,2-3H3;1H/q+1;/p-1. The number of nitrogens with zero attached hydrogens (tertiary/aromatic N) is 2. The third-order valence-electron chi connectivity index (χ3n) is 6.46. The van der Waals surface area contributed by atoms with Crippen molar-refractivity contribution in [1.29, 1.82) is 0 Å². The van der Waals surface area contributed by atoms with Gasteiger partial charge in [-0.05, 0) is 37.5 Å². The lowest BCUT2D eigenvalue weighted by atomic mass is 10.0. The highest BCUT2D eigenvalue weighted by atomic mass is 79.9. The van der Waals surface area contributed by atoms with E-state index in [-0.39, 0.29) is 17.0 Å². The molecule has 1 aliphatic heterocycles. The van der Waals surface area contributed by atoms with Crippen LogP contribution in [-0.4, -0.2) is 54.2 Å². The maximum atomic E-state index is 4.07. The summed E-state index contributed by atoms with van der Waals surface area (Å²) in [5.41, 5.74) is 2.89. The minimum atomic E-state index is 0. The van der Waals surface area contributed by atoms with Crippen molar-refractivity contribution in [2.75, 3.05) is 32.7 Å². The first-order valence-electron chi connectivity index (χ1n) is 10.4. The molecule has 0 radical (unpaired) electrons. The molecule has 3 rings (SSSR count). The van der Waals surface area contributed by atoms with Gasteiger partial charge in [0.2, 0.25) is 0 Å². The van der Waals surface area contributed by atoms with Crippen molar-refractivity contribution in [3.05, 3.63) is 84.4 Å². The SMILES string of the molecule is C=CC[N+]1(C(C)Cc2ccccc2)CCN(C(C)Cc2ccccc2)CC1.[Br-]. The monoisotopic (exact) mass is 442 g/mol. The Morgan fingerprint density at radius 3 is 1.89 bits per heavy atom. The molecule has 2 nitrogen and oxygen atoms in total. The molecular formula is C25H35BrN2. The van der Waals surface area contributed by atoms with Crippen LogP contribution in [0.4, 0.5) is 0 Å². The minimum Gasteiger partial charge on any atom is -1.00 e. The lowest BCUT2D eigenvalue weighted by Gasteiger charge is -2.49. The summed E-state index contributed by atoms with van der Waals surface area (Å²) in [7, 11) is 0. The van der Waals surface area contributed by atoms with Gasteiger partial charge in [0.25, 0.3) is 0 Å². The van der Waals surface area contributed by atoms with Gasteiger partial charge in [0.05, 0.1) is 25.7 Å². The Morgan fingerprint density at radius 1 is 0.893 bits per heavy atom. The fraction of sp³-hybridized carbons (Fsp3) is 0.440. The van der Waals surface area contributed by atoms with E-state index < -0.39 is 0 Å². The summed E-state index contributed by atoms with van der Waals surface area (Å²) in [6.07, 6.45) is 4.42. The van der Waals surface area contributed by atoms with E-state index in [1.165, 1.54) is 41.8 Å². The van der Waals surface area contributed by atoms with Gasteiger partial charge in [-0.25, -0.2) is 0 Å². The molecule has 28 heavy (non-hydrogen) atoms. The van der Waals surface area contributed by atoms with Crippen molar-refractivity contribution in [2.24, 2.45) is 0 Å². The zero-order valence-electron chi connectivity index (χ0n) is 17.4. The first-order valence-corrected chi connectivity index (χ1v) is 10.4. The summed E-state index contributed by atoms with van der Waals surface area (Å²) in [6.45, 7) is 14.8. The smallest absolute Gasteiger partial charge is 0.0973 e. The quantitative estimate of drug-likeness (QED) is 0.442. The van der Waals surface area contributed by atoms with Gasteiger partial charge in [-0.2, -0.15) is 0 Å². The zero-order chi connectivity index (χ0) is 19.1. The third-order valence-corrected chi connectivity index (χ3v) is 6.46. The summed E-state index contributed by atoms with van der Waals surface area (Å²) in [4.78, 5) is 2.68. The van der Waals surface area contributed by atoms with E-state index in [0.29, 0.717) is 12.1 Å². The van der Waals surface area contributed by atoms with E-state index >= 15 is 0 Å². The van der Waals surface area contributed by atoms with Crippen molar-refractivity contribution in [3.8, 4) is 0 Å². The van der Waals surface area contributed by atoms with E-state index in [1.807, 2.05) is 0 Å². The summed E-state index contributed by atoms with van der Waals surface area (Å²) >= 11 is 0. The molecule has 2 aromatic rings. The molecule has 1 heterocycles. The second kappa shape index (κ2) is 10.9.